The Morgan fingerprint density at radius 3 is 2.50 bits per heavy atom. The summed E-state index contributed by atoms with van der Waals surface area (Å²) in [6, 6.07) is 11.5. The van der Waals surface area contributed by atoms with Crippen molar-refractivity contribution in [3.8, 4) is 0 Å². The lowest BCUT2D eigenvalue weighted by Gasteiger charge is -2.30. The Morgan fingerprint density at radius 1 is 1.13 bits per heavy atom. The third-order valence-corrected chi connectivity index (χ3v) is 5.31. The molecular formula is C24H36N4O2. The fourth-order valence-corrected chi connectivity index (χ4v) is 3.30. The lowest BCUT2D eigenvalue weighted by Crippen LogP contribution is -2.47. The van der Waals surface area contributed by atoms with Crippen LogP contribution in [-0.2, 0) is 24.8 Å². The van der Waals surface area contributed by atoms with Crippen LogP contribution >= 0.6 is 0 Å². The highest BCUT2D eigenvalue weighted by molar-refractivity contribution is 5.92. The van der Waals surface area contributed by atoms with Gasteiger partial charge in [0.1, 0.15) is 6.54 Å². The molecule has 1 heterocycles. The molecule has 3 amide bonds. The highest BCUT2D eigenvalue weighted by Crippen LogP contribution is 2.14. The Labute approximate surface area is 180 Å². The van der Waals surface area contributed by atoms with E-state index in [9.17, 15) is 9.59 Å². The summed E-state index contributed by atoms with van der Waals surface area (Å²) in [4.78, 5) is 29.6. The Bertz CT molecular complexity index is 828. The molecule has 0 saturated heterocycles. The van der Waals surface area contributed by atoms with Crippen LogP contribution in [0.1, 0.15) is 51.8 Å². The molecule has 0 aliphatic heterocycles. The van der Waals surface area contributed by atoms with Gasteiger partial charge < -0.3 is 19.7 Å². The molecule has 0 aliphatic carbocycles. The number of hydrogen-bond donors (Lipinski definition) is 1. The summed E-state index contributed by atoms with van der Waals surface area (Å²) in [6.45, 7) is 9.36. The number of benzene rings is 1. The van der Waals surface area contributed by atoms with Gasteiger partial charge in [-0.25, -0.2) is 4.79 Å². The zero-order chi connectivity index (χ0) is 22.1. The lowest BCUT2D eigenvalue weighted by molar-refractivity contribution is -0.132. The molecule has 0 saturated carbocycles. The van der Waals surface area contributed by atoms with Gasteiger partial charge in [-0.05, 0) is 56.5 Å². The topological polar surface area (TPSA) is 57.6 Å². The second-order valence-corrected chi connectivity index (χ2v) is 7.99. The number of aromatic nitrogens is 1. The first-order valence-corrected chi connectivity index (χ1v) is 10.9. The van der Waals surface area contributed by atoms with E-state index >= 15 is 0 Å². The predicted octanol–water partition coefficient (Wildman–Crippen LogP) is 4.66. The van der Waals surface area contributed by atoms with Gasteiger partial charge in [-0.3, -0.25) is 4.79 Å². The number of nitrogens with zero attached hydrogens (tertiary/aromatic N) is 3. The van der Waals surface area contributed by atoms with Crippen molar-refractivity contribution in [2.75, 3.05) is 18.4 Å². The van der Waals surface area contributed by atoms with E-state index in [1.54, 1.807) is 4.90 Å². The number of nitrogens with one attached hydrogen (secondary N) is 1. The van der Waals surface area contributed by atoms with Crippen LogP contribution in [0.25, 0.3) is 0 Å². The monoisotopic (exact) mass is 412 g/mol. The molecule has 1 aromatic carbocycles. The zero-order valence-electron chi connectivity index (χ0n) is 19.0. The maximum atomic E-state index is 13.2. The maximum Gasteiger partial charge on any atom is 0.322 e. The molecule has 1 N–H and O–H groups in total. The molecule has 0 bridgehead atoms. The average molecular weight is 413 g/mol. The first-order chi connectivity index (χ1) is 14.3. The van der Waals surface area contributed by atoms with Gasteiger partial charge in [-0.2, -0.15) is 0 Å². The van der Waals surface area contributed by atoms with E-state index in [1.165, 1.54) is 0 Å². The zero-order valence-corrected chi connectivity index (χ0v) is 19.0. The van der Waals surface area contributed by atoms with Gasteiger partial charge >= 0.3 is 6.03 Å². The number of carbonyl (C=O) groups excluding carboxylic acids is 2. The van der Waals surface area contributed by atoms with Crippen molar-refractivity contribution >= 4 is 17.6 Å². The van der Waals surface area contributed by atoms with Gasteiger partial charge in [0.15, 0.2) is 0 Å². The standard InChI is InChI=1S/C24H36N4O2/c1-6-8-15-27(17-22-13-10-14-26(22)5)23(29)18-28(19(3)4)24(30)25-21-12-9-11-20(7-2)16-21/h9-14,16,19H,6-8,15,17-18H2,1-5H3,(H,25,30). The number of urea groups is 1. The predicted molar refractivity (Wildman–Crippen MR) is 122 cm³/mol. The summed E-state index contributed by atoms with van der Waals surface area (Å²) in [5.41, 5.74) is 2.99. The summed E-state index contributed by atoms with van der Waals surface area (Å²) in [6.07, 6.45) is 4.84. The van der Waals surface area contributed by atoms with Gasteiger partial charge in [0, 0.05) is 37.2 Å². The van der Waals surface area contributed by atoms with Gasteiger partial charge in [0.05, 0.1) is 6.54 Å². The minimum atomic E-state index is -0.249. The first kappa shape index (κ1) is 23.5. The second-order valence-electron chi connectivity index (χ2n) is 7.99. The molecule has 0 aliphatic rings. The van der Waals surface area contributed by atoms with Crippen LogP contribution in [0.4, 0.5) is 10.5 Å². The Balaban J connectivity index is 2.10. The third kappa shape index (κ3) is 6.65. The molecule has 2 rings (SSSR count). The van der Waals surface area contributed by atoms with E-state index in [4.69, 9.17) is 0 Å². The third-order valence-electron chi connectivity index (χ3n) is 5.31. The molecule has 6 heteroatoms. The number of rotatable bonds is 10. The summed E-state index contributed by atoms with van der Waals surface area (Å²) in [5.74, 6) is -0.0317. The van der Waals surface area contributed by atoms with Crippen molar-refractivity contribution in [2.24, 2.45) is 7.05 Å². The van der Waals surface area contributed by atoms with Crippen LogP contribution in [0.5, 0.6) is 0 Å². The van der Waals surface area contributed by atoms with Crippen LogP contribution in [0.15, 0.2) is 42.6 Å². The van der Waals surface area contributed by atoms with Crippen molar-refractivity contribution in [3.05, 3.63) is 53.9 Å². The van der Waals surface area contributed by atoms with E-state index in [-0.39, 0.29) is 24.5 Å². The fraction of sp³-hybridized carbons (Fsp3) is 0.500. The molecule has 0 radical (unpaired) electrons. The molecule has 2 aromatic rings. The minimum Gasteiger partial charge on any atom is -0.353 e. The van der Waals surface area contributed by atoms with E-state index < -0.39 is 0 Å². The molecule has 164 valence electrons. The van der Waals surface area contributed by atoms with Crippen LogP contribution in [-0.4, -0.2) is 45.4 Å². The molecule has 1 aromatic heterocycles. The molecule has 0 unspecified atom stereocenters. The fourth-order valence-electron chi connectivity index (χ4n) is 3.30. The van der Waals surface area contributed by atoms with Gasteiger partial charge in [0.2, 0.25) is 5.91 Å². The van der Waals surface area contributed by atoms with E-state index in [1.807, 2.05) is 73.0 Å². The molecule has 0 atom stereocenters. The Morgan fingerprint density at radius 2 is 1.90 bits per heavy atom. The first-order valence-electron chi connectivity index (χ1n) is 10.9. The molecule has 30 heavy (non-hydrogen) atoms. The van der Waals surface area contributed by atoms with Gasteiger partial charge in [-0.15, -0.1) is 0 Å². The number of anilines is 1. The Hall–Kier alpha value is -2.76. The minimum absolute atomic E-state index is 0.0317. The van der Waals surface area contributed by atoms with Crippen molar-refractivity contribution in [3.63, 3.8) is 0 Å². The van der Waals surface area contributed by atoms with Crippen molar-refractivity contribution < 1.29 is 9.59 Å². The highest BCUT2D eigenvalue weighted by Gasteiger charge is 2.24. The second kappa shape index (κ2) is 11.4. The van der Waals surface area contributed by atoms with Crippen LogP contribution < -0.4 is 5.32 Å². The summed E-state index contributed by atoms with van der Waals surface area (Å²) >= 11 is 0. The van der Waals surface area contributed by atoms with Crippen molar-refractivity contribution in [1.29, 1.82) is 0 Å². The molecular weight excluding hydrogens is 376 g/mol. The number of aryl methyl sites for hydroxylation is 2. The summed E-state index contributed by atoms with van der Waals surface area (Å²) in [7, 11) is 1.98. The van der Waals surface area contributed by atoms with E-state index in [0.717, 1.165) is 36.2 Å². The quantitative estimate of drug-likeness (QED) is 0.617. The highest BCUT2D eigenvalue weighted by atomic mass is 16.2. The van der Waals surface area contributed by atoms with Crippen molar-refractivity contribution in [2.45, 2.75) is 59.5 Å². The average Bonchev–Trinajstić information content (AvgIpc) is 3.13. The smallest absolute Gasteiger partial charge is 0.322 e. The van der Waals surface area contributed by atoms with Crippen LogP contribution in [0.3, 0.4) is 0 Å². The summed E-state index contributed by atoms with van der Waals surface area (Å²) < 4.78 is 2.03. The number of amides is 3. The van der Waals surface area contributed by atoms with Gasteiger partial charge in [-0.1, -0.05) is 32.4 Å². The molecule has 0 spiro atoms. The lowest BCUT2D eigenvalue weighted by atomic mass is 10.1. The largest absolute Gasteiger partial charge is 0.353 e. The maximum absolute atomic E-state index is 13.2. The number of unbranched alkanes of at least 4 members (excludes halogenated alkanes) is 1. The van der Waals surface area contributed by atoms with Crippen molar-refractivity contribution in [1.82, 2.24) is 14.4 Å². The summed E-state index contributed by atoms with van der Waals surface area (Å²) in [5, 5.41) is 2.95. The van der Waals surface area contributed by atoms with Crippen LogP contribution in [0, 0.1) is 0 Å². The SMILES string of the molecule is CCCCN(Cc1cccn1C)C(=O)CN(C(=O)Nc1cccc(CC)c1)C(C)C. The molecule has 6 nitrogen and oxygen atoms in total. The number of hydrogen-bond acceptors (Lipinski definition) is 2. The number of carbonyl (C=O) groups is 2. The normalized spacial score (nSPS) is 10.9. The van der Waals surface area contributed by atoms with Crippen LogP contribution in [0.2, 0.25) is 0 Å². The van der Waals surface area contributed by atoms with E-state index in [0.29, 0.717) is 13.1 Å². The van der Waals surface area contributed by atoms with E-state index in [2.05, 4.69) is 19.2 Å². The molecule has 0 fully saturated rings. The van der Waals surface area contributed by atoms with Gasteiger partial charge in [0.25, 0.3) is 0 Å². The Kier molecular flexibility index (Phi) is 8.96.